The first kappa shape index (κ1) is 17.4. The minimum absolute atomic E-state index is 0.0118. The number of hydrogen-bond donors (Lipinski definition) is 1. The molecule has 1 heterocycles. The fourth-order valence-electron chi connectivity index (χ4n) is 3.26. The number of fused-ring (bicyclic) bond motifs is 1. The van der Waals surface area contributed by atoms with Crippen LogP contribution in [0.1, 0.15) is 28.8 Å². The molecule has 2 amide bonds. The number of nitrogens with one attached hydrogen (secondary N) is 1. The van der Waals surface area contributed by atoms with Crippen LogP contribution in [0.4, 0.5) is 5.69 Å². The van der Waals surface area contributed by atoms with E-state index in [4.69, 9.17) is 9.47 Å². The Bertz CT molecular complexity index is 876. The third-order valence-corrected chi connectivity index (χ3v) is 4.91. The molecule has 1 fully saturated rings. The topological polar surface area (TPSA) is 67.9 Å². The average Bonchev–Trinajstić information content (AvgIpc) is 3.51. The predicted octanol–water partition coefficient (Wildman–Crippen LogP) is 3.08. The number of nitrogens with zero attached hydrogens (tertiary/aromatic N) is 1. The van der Waals surface area contributed by atoms with Crippen LogP contribution in [-0.2, 0) is 11.3 Å². The Morgan fingerprint density at radius 2 is 2.07 bits per heavy atom. The molecule has 2 aromatic rings. The second-order valence-electron chi connectivity index (χ2n) is 6.98. The molecule has 1 aliphatic heterocycles. The van der Waals surface area contributed by atoms with Crippen molar-refractivity contribution in [2.24, 2.45) is 5.92 Å². The molecule has 0 radical (unpaired) electrons. The molecule has 1 saturated carbocycles. The van der Waals surface area contributed by atoms with E-state index < -0.39 is 0 Å². The number of ether oxygens (including phenoxy) is 2. The van der Waals surface area contributed by atoms with Crippen molar-refractivity contribution in [3.8, 4) is 11.5 Å². The summed E-state index contributed by atoms with van der Waals surface area (Å²) in [4.78, 5) is 26.8. The smallest absolute Gasteiger partial charge is 0.260 e. The third kappa shape index (κ3) is 3.89. The van der Waals surface area contributed by atoms with Crippen molar-refractivity contribution in [3.05, 3.63) is 53.6 Å². The Labute approximate surface area is 158 Å². The van der Waals surface area contributed by atoms with E-state index in [1.165, 1.54) is 20.0 Å². The third-order valence-electron chi connectivity index (χ3n) is 4.91. The molecule has 0 unspecified atom stereocenters. The Morgan fingerprint density at radius 1 is 1.26 bits per heavy atom. The summed E-state index contributed by atoms with van der Waals surface area (Å²) in [6.45, 7) is 1.34. The van der Waals surface area contributed by atoms with Crippen molar-refractivity contribution in [2.45, 2.75) is 19.4 Å². The normalized spacial score (nSPS) is 16.2. The SMILES string of the molecule is COc1ccccc1C(=O)Nc1ccc2c(c1)CN(CC1CC1)C(=O)CO2. The van der Waals surface area contributed by atoms with Crippen molar-refractivity contribution in [2.75, 3.05) is 25.6 Å². The summed E-state index contributed by atoms with van der Waals surface area (Å²) in [5.74, 6) is 1.60. The molecule has 1 N–H and O–H groups in total. The Morgan fingerprint density at radius 3 is 2.85 bits per heavy atom. The van der Waals surface area contributed by atoms with Crippen LogP contribution in [0.2, 0.25) is 0 Å². The number of anilines is 1. The Hall–Kier alpha value is -3.02. The van der Waals surface area contributed by atoms with E-state index in [1.807, 2.05) is 17.0 Å². The second-order valence-corrected chi connectivity index (χ2v) is 6.98. The van der Waals surface area contributed by atoms with E-state index in [-0.39, 0.29) is 18.4 Å². The molecule has 140 valence electrons. The summed E-state index contributed by atoms with van der Waals surface area (Å²) in [5.41, 5.74) is 2.03. The van der Waals surface area contributed by atoms with Crippen LogP contribution in [0.3, 0.4) is 0 Å². The molecule has 6 heteroatoms. The van der Waals surface area contributed by atoms with E-state index in [0.717, 1.165) is 12.1 Å². The molecule has 0 aromatic heterocycles. The zero-order chi connectivity index (χ0) is 18.8. The Kier molecular flexibility index (Phi) is 4.71. The highest BCUT2D eigenvalue weighted by atomic mass is 16.5. The number of methoxy groups -OCH3 is 1. The minimum Gasteiger partial charge on any atom is -0.496 e. The zero-order valence-electron chi connectivity index (χ0n) is 15.2. The fourth-order valence-corrected chi connectivity index (χ4v) is 3.26. The number of carbonyl (C=O) groups excluding carboxylic acids is 2. The monoisotopic (exact) mass is 366 g/mol. The van der Waals surface area contributed by atoms with Crippen LogP contribution in [-0.4, -0.2) is 37.0 Å². The number of para-hydroxylation sites is 1. The molecule has 0 spiro atoms. The highest BCUT2D eigenvalue weighted by Gasteiger charge is 2.29. The van der Waals surface area contributed by atoms with Gasteiger partial charge in [-0.25, -0.2) is 0 Å². The van der Waals surface area contributed by atoms with Crippen molar-refractivity contribution in [1.82, 2.24) is 4.90 Å². The first-order valence-electron chi connectivity index (χ1n) is 9.12. The summed E-state index contributed by atoms with van der Waals surface area (Å²) in [6, 6.07) is 12.6. The number of hydrogen-bond acceptors (Lipinski definition) is 4. The summed E-state index contributed by atoms with van der Waals surface area (Å²) in [6.07, 6.45) is 2.37. The second kappa shape index (κ2) is 7.31. The lowest BCUT2D eigenvalue weighted by atomic mass is 10.1. The quantitative estimate of drug-likeness (QED) is 0.883. The highest BCUT2D eigenvalue weighted by molar-refractivity contribution is 6.06. The predicted molar refractivity (Wildman–Crippen MR) is 101 cm³/mol. The molecule has 27 heavy (non-hydrogen) atoms. The molecular weight excluding hydrogens is 344 g/mol. The first-order valence-corrected chi connectivity index (χ1v) is 9.12. The van der Waals surface area contributed by atoms with E-state index in [2.05, 4.69) is 5.32 Å². The number of rotatable bonds is 5. The molecule has 0 bridgehead atoms. The largest absolute Gasteiger partial charge is 0.496 e. The zero-order valence-corrected chi connectivity index (χ0v) is 15.2. The molecular formula is C21H22N2O4. The summed E-state index contributed by atoms with van der Waals surface area (Å²) < 4.78 is 10.9. The standard InChI is InChI=1S/C21H22N2O4/c1-26-19-5-3-2-4-17(19)21(25)22-16-8-9-18-15(10-16)12-23(11-14-6-7-14)20(24)13-27-18/h2-5,8-10,14H,6-7,11-13H2,1H3,(H,22,25). The van der Waals surface area contributed by atoms with Crippen LogP contribution < -0.4 is 14.8 Å². The molecule has 2 aliphatic rings. The maximum Gasteiger partial charge on any atom is 0.260 e. The van der Waals surface area contributed by atoms with Gasteiger partial charge in [-0.05, 0) is 49.1 Å². The van der Waals surface area contributed by atoms with Gasteiger partial charge < -0.3 is 19.7 Å². The Balaban J connectivity index is 1.53. The van der Waals surface area contributed by atoms with Crippen molar-refractivity contribution in [1.29, 1.82) is 0 Å². The summed E-state index contributed by atoms with van der Waals surface area (Å²) in [7, 11) is 1.54. The summed E-state index contributed by atoms with van der Waals surface area (Å²) >= 11 is 0. The van der Waals surface area contributed by atoms with Gasteiger partial charge in [-0.1, -0.05) is 12.1 Å². The molecule has 2 aromatic carbocycles. The van der Waals surface area contributed by atoms with Gasteiger partial charge in [0.15, 0.2) is 6.61 Å². The molecule has 6 nitrogen and oxygen atoms in total. The van der Waals surface area contributed by atoms with E-state index in [0.29, 0.717) is 35.2 Å². The van der Waals surface area contributed by atoms with E-state index in [9.17, 15) is 9.59 Å². The van der Waals surface area contributed by atoms with Crippen molar-refractivity contribution in [3.63, 3.8) is 0 Å². The van der Waals surface area contributed by atoms with Crippen molar-refractivity contribution >= 4 is 17.5 Å². The average molecular weight is 366 g/mol. The minimum atomic E-state index is -0.243. The lowest BCUT2D eigenvalue weighted by Gasteiger charge is -2.19. The van der Waals surface area contributed by atoms with Gasteiger partial charge >= 0.3 is 0 Å². The number of amides is 2. The van der Waals surface area contributed by atoms with Crippen LogP contribution >= 0.6 is 0 Å². The lowest BCUT2D eigenvalue weighted by molar-refractivity contribution is -0.133. The van der Waals surface area contributed by atoms with Gasteiger partial charge in [0, 0.05) is 24.3 Å². The number of benzene rings is 2. The lowest BCUT2D eigenvalue weighted by Crippen LogP contribution is -2.34. The van der Waals surface area contributed by atoms with E-state index >= 15 is 0 Å². The highest BCUT2D eigenvalue weighted by Crippen LogP contribution is 2.33. The molecule has 0 saturated heterocycles. The maximum atomic E-state index is 12.6. The number of carbonyl (C=O) groups is 2. The molecule has 4 rings (SSSR count). The van der Waals surface area contributed by atoms with Gasteiger partial charge in [-0.2, -0.15) is 0 Å². The van der Waals surface area contributed by atoms with Crippen molar-refractivity contribution < 1.29 is 19.1 Å². The van der Waals surface area contributed by atoms with Gasteiger partial charge in [0.1, 0.15) is 11.5 Å². The van der Waals surface area contributed by atoms with Gasteiger partial charge in [0.25, 0.3) is 11.8 Å². The molecule has 1 aliphatic carbocycles. The van der Waals surface area contributed by atoms with E-state index in [1.54, 1.807) is 30.3 Å². The van der Waals surface area contributed by atoms with Crippen LogP contribution in [0.5, 0.6) is 11.5 Å². The summed E-state index contributed by atoms with van der Waals surface area (Å²) in [5, 5.41) is 2.90. The van der Waals surface area contributed by atoms with Gasteiger partial charge in [0.2, 0.25) is 0 Å². The molecule has 0 atom stereocenters. The van der Waals surface area contributed by atoms with Crippen LogP contribution in [0, 0.1) is 5.92 Å². The van der Waals surface area contributed by atoms with Gasteiger partial charge in [-0.3, -0.25) is 9.59 Å². The van der Waals surface area contributed by atoms with Crippen LogP contribution in [0.25, 0.3) is 0 Å². The van der Waals surface area contributed by atoms with Crippen LogP contribution in [0.15, 0.2) is 42.5 Å². The van der Waals surface area contributed by atoms with Gasteiger partial charge in [-0.15, -0.1) is 0 Å². The first-order chi connectivity index (χ1) is 13.1. The maximum absolute atomic E-state index is 12.6. The van der Waals surface area contributed by atoms with Gasteiger partial charge in [0.05, 0.1) is 12.7 Å². The fraction of sp³-hybridized carbons (Fsp3) is 0.333.